The number of likely N-dealkylation sites (tertiary alicyclic amines) is 1. The number of hydrogen-bond donors (Lipinski definition) is 1. The highest BCUT2D eigenvalue weighted by molar-refractivity contribution is 7.09. The van der Waals surface area contributed by atoms with Gasteiger partial charge in [0, 0.05) is 54.9 Å². The van der Waals surface area contributed by atoms with E-state index < -0.39 is 0 Å². The van der Waals surface area contributed by atoms with Crippen molar-refractivity contribution in [3.63, 3.8) is 0 Å². The number of carbonyl (C=O) groups excluding carboxylic acids is 1. The summed E-state index contributed by atoms with van der Waals surface area (Å²) in [5.41, 5.74) is 5.24. The molecule has 0 spiro atoms. The van der Waals surface area contributed by atoms with Crippen molar-refractivity contribution in [3.05, 3.63) is 57.7 Å². The van der Waals surface area contributed by atoms with Gasteiger partial charge in [0.2, 0.25) is 0 Å². The summed E-state index contributed by atoms with van der Waals surface area (Å²) in [4.78, 5) is 20.1. The highest BCUT2D eigenvalue weighted by Crippen LogP contribution is 2.27. The molecule has 2 aliphatic rings. The Morgan fingerprint density at radius 1 is 1.16 bits per heavy atom. The third-order valence-electron chi connectivity index (χ3n) is 6.71. The van der Waals surface area contributed by atoms with Crippen LogP contribution < -0.4 is 5.32 Å². The number of nitrogens with one attached hydrogen (secondary N) is 1. The third kappa shape index (κ3) is 4.50. The number of hydrogen-bond acceptors (Lipinski definition) is 5. The van der Waals surface area contributed by atoms with Crippen LogP contribution in [0.2, 0.25) is 0 Å². The smallest absolute Gasteiger partial charge is 0.274 e. The molecule has 1 atom stereocenters. The zero-order valence-corrected chi connectivity index (χ0v) is 19.5. The fourth-order valence-electron chi connectivity index (χ4n) is 4.92. The predicted octanol–water partition coefficient (Wildman–Crippen LogP) is 4.21. The first-order valence-corrected chi connectivity index (χ1v) is 12.6. The van der Waals surface area contributed by atoms with Crippen LogP contribution in [-0.4, -0.2) is 44.7 Å². The molecular weight excluding hydrogens is 418 g/mol. The minimum atomic E-state index is 0.122. The summed E-state index contributed by atoms with van der Waals surface area (Å²) in [6.07, 6.45) is 7.51. The molecule has 1 fully saturated rings. The van der Waals surface area contributed by atoms with E-state index >= 15 is 0 Å². The van der Waals surface area contributed by atoms with Gasteiger partial charge in [0.05, 0.1) is 5.69 Å². The van der Waals surface area contributed by atoms with Crippen LogP contribution in [0.25, 0.3) is 11.3 Å². The van der Waals surface area contributed by atoms with Crippen molar-refractivity contribution in [1.82, 2.24) is 25.0 Å². The van der Waals surface area contributed by atoms with Gasteiger partial charge in [-0.3, -0.25) is 9.48 Å². The van der Waals surface area contributed by atoms with E-state index in [0.29, 0.717) is 11.7 Å². The Kier molecular flexibility index (Phi) is 6.37. The number of amides is 1. The lowest BCUT2D eigenvalue weighted by molar-refractivity contribution is 0.0753. The molecule has 1 unspecified atom stereocenters. The fraction of sp³-hybridized carbons (Fsp3) is 0.480. The maximum Gasteiger partial charge on any atom is 0.274 e. The molecule has 1 aliphatic carbocycles. The standard InChI is InChI=1S/C25H31N5OS/c1-29-22-12-11-19(26-16-23-27-21(17-32-23)18-9-5-4-6-10-18)15-20(22)24(28-29)25(31)30-13-7-2-3-8-14-30/h4-6,9-10,17,19,26H,2-3,7-8,11-16H2,1H3. The predicted molar refractivity (Wildman–Crippen MR) is 128 cm³/mol. The summed E-state index contributed by atoms with van der Waals surface area (Å²) < 4.78 is 1.93. The molecule has 0 radical (unpaired) electrons. The van der Waals surface area contributed by atoms with Crippen molar-refractivity contribution in [1.29, 1.82) is 0 Å². The van der Waals surface area contributed by atoms with Crippen LogP contribution in [0.15, 0.2) is 35.7 Å². The SMILES string of the molecule is Cn1nc(C(=O)N2CCCCCC2)c2c1CCC(NCc1nc(-c3ccccc3)cs1)C2. The van der Waals surface area contributed by atoms with E-state index in [9.17, 15) is 4.79 Å². The second-order valence-electron chi connectivity index (χ2n) is 8.92. The molecule has 5 rings (SSSR count). The Morgan fingerprint density at radius 3 is 2.72 bits per heavy atom. The number of rotatable bonds is 5. The van der Waals surface area contributed by atoms with Crippen LogP contribution in [-0.2, 0) is 26.4 Å². The average Bonchev–Trinajstić information content (AvgIpc) is 3.32. The Hall–Kier alpha value is -2.51. The van der Waals surface area contributed by atoms with Crippen molar-refractivity contribution in [2.24, 2.45) is 7.05 Å². The highest BCUT2D eigenvalue weighted by Gasteiger charge is 2.30. The molecule has 32 heavy (non-hydrogen) atoms. The first kappa shape index (κ1) is 21.3. The molecule has 0 saturated carbocycles. The zero-order valence-electron chi connectivity index (χ0n) is 18.7. The monoisotopic (exact) mass is 449 g/mol. The molecule has 6 nitrogen and oxygen atoms in total. The number of fused-ring (bicyclic) bond motifs is 1. The molecule has 3 aromatic rings. The van der Waals surface area contributed by atoms with Crippen LogP contribution in [0.5, 0.6) is 0 Å². The molecule has 1 N–H and O–H groups in total. The average molecular weight is 450 g/mol. The first-order chi connectivity index (χ1) is 15.7. The summed E-state index contributed by atoms with van der Waals surface area (Å²) in [7, 11) is 1.98. The molecule has 3 heterocycles. The Morgan fingerprint density at radius 2 is 1.94 bits per heavy atom. The lowest BCUT2D eigenvalue weighted by Crippen LogP contribution is -2.36. The zero-order chi connectivity index (χ0) is 21.9. The molecule has 0 bridgehead atoms. The Bertz CT molecular complexity index is 1070. The Balaban J connectivity index is 1.25. The van der Waals surface area contributed by atoms with E-state index in [0.717, 1.165) is 73.6 Å². The van der Waals surface area contributed by atoms with Gasteiger partial charge in [-0.1, -0.05) is 43.2 Å². The van der Waals surface area contributed by atoms with Crippen LogP contribution in [0.4, 0.5) is 0 Å². The maximum atomic E-state index is 13.3. The summed E-state index contributed by atoms with van der Waals surface area (Å²) >= 11 is 1.70. The summed E-state index contributed by atoms with van der Waals surface area (Å²) in [5, 5.41) is 11.6. The van der Waals surface area contributed by atoms with E-state index in [4.69, 9.17) is 4.98 Å². The number of benzene rings is 1. The number of aryl methyl sites for hydroxylation is 1. The molecule has 1 saturated heterocycles. The van der Waals surface area contributed by atoms with Gasteiger partial charge < -0.3 is 10.2 Å². The molecule has 1 aromatic carbocycles. The summed E-state index contributed by atoms with van der Waals surface area (Å²) in [6, 6.07) is 10.7. The van der Waals surface area contributed by atoms with E-state index in [1.807, 2.05) is 34.8 Å². The van der Waals surface area contributed by atoms with Gasteiger partial charge in [0.15, 0.2) is 5.69 Å². The maximum absolute atomic E-state index is 13.3. The normalized spacial score (nSPS) is 18.9. The van der Waals surface area contributed by atoms with Crippen LogP contribution in [0.3, 0.4) is 0 Å². The van der Waals surface area contributed by atoms with E-state index in [1.54, 1.807) is 11.3 Å². The van der Waals surface area contributed by atoms with Gasteiger partial charge in [0.1, 0.15) is 5.01 Å². The quantitative estimate of drug-likeness (QED) is 0.634. The van der Waals surface area contributed by atoms with Gasteiger partial charge in [-0.25, -0.2) is 4.98 Å². The number of nitrogens with zero attached hydrogens (tertiary/aromatic N) is 4. The van der Waals surface area contributed by atoms with Gasteiger partial charge in [-0.2, -0.15) is 5.10 Å². The lowest BCUT2D eigenvalue weighted by Gasteiger charge is -2.25. The van der Waals surface area contributed by atoms with Gasteiger partial charge in [-0.15, -0.1) is 11.3 Å². The highest BCUT2D eigenvalue weighted by atomic mass is 32.1. The Labute approximate surface area is 193 Å². The second kappa shape index (κ2) is 9.55. The molecule has 2 aromatic heterocycles. The third-order valence-corrected chi connectivity index (χ3v) is 7.56. The van der Waals surface area contributed by atoms with Crippen molar-refractivity contribution >= 4 is 17.2 Å². The van der Waals surface area contributed by atoms with Crippen molar-refractivity contribution in [2.75, 3.05) is 13.1 Å². The van der Waals surface area contributed by atoms with Crippen molar-refractivity contribution in [3.8, 4) is 11.3 Å². The van der Waals surface area contributed by atoms with Crippen LogP contribution in [0.1, 0.15) is 58.9 Å². The van der Waals surface area contributed by atoms with Gasteiger partial charge >= 0.3 is 0 Å². The number of aromatic nitrogens is 3. The minimum Gasteiger partial charge on any atom is -0.337 e. The second-order valence-corrected chi connectivity index (χ2v) is 9.86. The van der Waals surface area contributed by atoms with Crippen molar-refractivity contribution in [2.45, 2.75) is 57.5 Å². The molecule has 1 aliphatic heterocycles. The van der Waals surface area contributed by atoms with Gasteiger partial charge in [-0.05, 0) is 32.1 Å². The van der Waals surface area contributed by atoms with Crippen LogP contribution in [0, 0.1) is 0 Å². The van der Waals surface area contributed by atoms with E-state index in [-0.39, 0.29) is 5.91 Å². The molecule has 7 heteroatoms. The van der Waals surface area contributed by atoms with Gasteiger partial charge in [0.25, 0.3) is 5.91 Å². The molecule has 1 amide bonds. The number of carbonyl (C=O) groups is 1. The fourth-order valence-corrected chi connectivity index (χ4v) is 5.68. The van der Waals surface area contributed by atoms with E-state index in [2.05, 4.69) is 27.9 Å². The molecular formula is C25H31N5OS. The summed E-state index contributed by atoms with van der Waals surface area (Å²) in [5.74, 6) is 0.122. The topological polar surface area (TPSA) is 63.1 Å². The largest absolute Gasteiger partial charge is 0.337 e. The first-order valence-electron chi connectivity index (χ1n) is 11.8. The number of thiazole rings is 1. The van der Waals surface area contributed by atoms with E-state index in [1.165, 1.54) is 18.5 Å². The molecule has 168 valence electrons. The summed E-state index contributed by atoms with van der Waals surface area (Å²) in [6.45, 7) is 2.48. The lowest BCUT2D eigenvalue weighted by atomic mass is 9.91. The minimum absolute atomic E-state index is 0.122. The van der Waals surface area contributed by atoms with Crippen molar-refractivity contribution < 1.29 is 4.79 Å². The van der Waals surface area contributed by atoms with Crippen LogP contribution >= 0.6 is 11.3 Å².